The molecule has 0 bridgehead atoms. The Morgan fingerprint density at radius 3 is 2.43 bits per heavy atom. The molecule has 1 heterocycles. The van der Waals surface area contributed by atoms with Crippen LogP contribution in [0.15, 0.2) is 62.3 Å². The van der Waals surface area contributed by atoms with Gasteiger partial charge in [0.2, 0.25) is 0 Å². The average Bonchev–Trinajstić information content (AvgIpc) is 3.23. The first-order valence-corrected chi connectivity index (χ1v) is 12.0. The second-order valence-corrected chi connectivity index (χ2v) is 9.86. The summed E-state index contributed by atoms with van der Waals surface area (Å²) in [4.78, 5) is 12.1. The van der Waals surface area contributed by atoms with Crippen LogP contribution in [-0.2, 0) is 10.5 Å². The molecule has 10 heteroatoms. The predicted molar refractivity (Wildman–Crippen MR) is 125 cm³/mol. The lowest BCUT2D eigenvalue weighted by Gasteiger charge is -2.04. The Bertz CT molecular complexity index is 1010. The molecule has 2 aromatic carbocycles. The fourth-order valence-corrected chi connectivity index (χ4v) is 5.14. The van der Waals surface area contributed by atoms with Crippen LogP contribution < -0.4 is 10.2 Å². The number of thioether (sulfide) groups is 2. The molecule has 156 valence electrons. The molecule has 0 aliphatic rings. The largest absolute Gasteiger partial charge is 0.497 e. The average molecular weight is 479 g/mol. The van der Waals surface area contributed by atoms with E-state index in [9.17, 15) is 4.79 Å². The third-order valence-electron chi connectivity index (χ3n) is 3.85. The topological polar surface area (TPSA) is 76.5 Å². The molecule has 0 saturated heterocycles. The van der Waals surface area contributed by atoms with Crippen molar-refractivity contribution in [1.29, 1.82) is 0 Å². The van der Waals surface area contributed by atoms with Crippen molar-refractivity contribution in [3.63, 3.8) is 0 Å². The van der Waals surface area contributed by atoms with Gasteiger partial charge < -0.3 is 4.74 Å². The minimum Gasteiger partial charge on any atom is -0.497 e. The van der Waals surface area contributed by atoms with Gasteiger partial charge in [0, 0.05) is 10.8 Å². The summed E-state index contributed by atoms with van der Waals surface area (Å²) in [7, 11) is 1.62. The van der Waals surface area contributed by atoms with Gasteiger partial charge in [-0.2, -0.15) is 5.10 Å². The first-order valence-electron chi connectivity index (χ1n) is 8.84. The third-order valence-corrected chi connectivity index (χ3v) is 7.36. The Kier molecular flexibility index (Phi) is 8.56. The maximum Gasteiger partial charge on any atom is 0.250 e. The Morgan fingerprint density at radius 1 is 1.10 bits per heavy atom. The van der Waals surface area contributed by atoms with Gasteiger partial charge in [-0.3, -0.25) is 4.79 Å². The highest BCUT2D eigenvalue weighted by Gasteiger charge is 2.09. The number of methoxy groups -OCH3 is 1. The molecule has 0 aliphatic heterocycles. The quantitative estimate of drug-likeness (QED) is 0.261. The molecular formula is C20H19ClN4O2S3. The predicted octanol–water partition coefficient (Wildman–Crippen LogP) is 5.12. The Hall–Kier alpha value is -2.07. The van der Waals surface area contributed by atoms with E-state index in [0.717, 1.165) is 30.8 Å². The number of hydrogen-bond donors (Lipinski definition) is 1. The van der Waals surface area contributed by atoms with Crippen LogP contribution in [0.3, 0.4) is 0 Å². The minimum absolute atomic E-state index is 0.196. The second-order valence-electron chi connectivity index (χ2n) is 6.00. The fraction of sp³-hybridized carbons (Fsp3) is 0.200. The number of hydrazone groups is 1. The molecule has 3 rings (SSSR count). The van der Waals surface area contributed by atoms with E-state index in [0.29, 0.717) is 5.71 Å². The van der Waals surface area contributed by atoms with E-state index in [1.54, 1.807) is 18.9 Å². The normalized spacial score (nSPS) is 11.4. The van der Waals surface area contributed by atoms with Crippen LogP contribution in [0.4, 0.5) is 0 Å². The van der Waals surface area contributed by atoms with Crippen molar-refractivity contribution in [2.75, 3.05) is 12.9 Å². The van der Waals surface area contributed by atoms with Crippen LogP contribution in [-0.4, -0.2) is 34.7 Å². The molecular weight excluding hydrogens is 460 g/mol. The molecule has 0 atom stereocenters. The summed E-state index contributed by atoms with van der Waals surface area (Å²) in [5.41, 5.74) is 5.37. The second kappa shape index (κ2) is 11.4. The highest BCUT2D eigenvalue weighted by Crippen LogP contribution is 2.30. The lowest BCUT2D eigenvalue weighted by molar-refractivity contribution is -0.118. The van der Waals surface area contributed by atoms with E-state index >= 15 is 0 Å². The van der Waals surface area contributed by atoms with Gasteiger partial charge in [0.25, 0.3) is 5.91 Å². The number of aromatic nitrogens is 2. The van der Waals surface area contributed by atoms with E-state index in [4.69, 9.17) is 16.3 Å². The molecule has 1 amide bonds. The molecule has 6 nitrogen and oxygen atoms in total. The lowest BCUT2D eigenvalue weighted by atomic mass is 10.1. The molecule has 0 spiro atoms. The summed E-state index contributed by atoms with van der Waals surface area (Å²) in [6.07, 6.45) is 0. The molecule has 0 fully saturated rings. The van der Waals surface area contributed by atoms with Gasteiger partial charge in [-0.25, -0.2) is 5.43 Å². The fourth-order valence-electron chi connectivity index (χ4n) is 2.24. The Balaban J connectivity index is 1.43. The summed E-state index contributed by atoms with van der Waals surface area (Å²) in [6.45, 7) is 1.84. The maximum atomic E-state index is 12.1. The lowest BCUT2D eigenvalue weighted by Crippen LogP contribution is -2.21. The van der Waals surface area contributed by atoms with Gasteiger partial charge in [-0.1, -0.05) is 58.6 Å². The maximum absolute atomic E-state index is 12.1. The van der Waals surface area contributed by atoms with Crippen molar-refractivity contribution in [3.05, 3.63) is 64.7 Å². The van der Waals surface area contributed by atoms with Crippen LogP contribution >= 0.6 is 46.5 Å². The molecule has 3 aromatic rings. The number of benzene rings is 2. The highest BCUT2D eigenvalue weighted by atomic mass is 35.5. The van der Waals surface area contributed by atoms with E-state index in [2.05, 4.69) is 20.7 Å². The summed E-state index contributed by atoms with van der Waals surface area (Å²) < 4.78 is 6.75. The standard InChI is InChI=1S/C20H19ClN4O2S3/c1-13(15-5-9-17(27-2)10-6-15)22-23-18(26)12-29-20-25-24-19(30-20)28-11-14-3-7-16(21)8-4-14/h3-10H,11-12H2,1-2H3,(H,23,26)/b22-13-. The number of ether oxygens (including phenoxy) is 1. The van der Waals surface area contributed by atoms with Crippen LogP contribution in [0.1, 0.15) is 18.1 Å². The Labute approximate surface area is 192 Å². The van der Waals surface area contributed by atoms with Crippen molar-refractivity contribution >= 4 is 58.1 Å². The smallest absolute Gasteiger partial charge is 0.250 e. The van der Waals surface area contributed by atoms with E-state index < -0.39 is 0 Å². The molecule has 1 aromatic heterocycles. The van der Waals surface area contributed by atoms with Crippen molar-refractivity contribution in [1.82, 2.24) is 15.6 Å². The van der Waals surface area contributed by atoms with Crippen LogP contribution in [0, 0.1) is 0 Å². The number of hydrogen-bond acceptors (Lipinski definition) is 8. The zero-order valence-electron chi connectivity index (χ0n) is 16.3. The van der Waals surface area contributed by atoms with Gasteiger partial charge >= 0.3 is 0 Å². The van der Waals surface area contributed by atoms with E-state index in [-0.39, 0.29) is 11.7 Å². The van der Waals surface area contributed by atoms with Crippen LogP contribution in [0.2, 0.25) is 5.02 Å². The van der Waals surface area contributed by atoms with Crippen molar-refractivity contribution in [2.45, 2.75) is 21.4 Å². The van der Waals surface area contributed by atoms with Gasteiger partial charge in [0.15, 0.2) is 8.68 Å². The molecule has 0 radical (unpaired) electrons. The first-order chi connectivity index (χ1) is 14.5. The molecule has 0 unspecified atom stereocenters. The van der Waals surface area contributed by atoms with Gasteiger partial charge in [0.05, 0.1) is 18.6 Å². The highest BCUT2D eigenvalue weighted by molar-refractivity contribution is 8.03. The molecule has 1 N–H and O–H groups in total. The summed E-state index contributed by atoms with van der Waals surface area (Å²) in [6, 6.07) is 15.2. The monoisotopic (exact) mass is 478 g/mol. The number of rotatable bonds is 9. The zero-order chi connectivity index (χ0) is 21.3. The number of amides is 1. The number of carbonyl (C=O) groups excluding carboxylic acids is 1. The summed E-state index contributed by atoms with van der Waals surface area (Å²) >= 11 is 10.3. The minimum atomic E-state index is -0.196. The number of carbonyl (C=O) groups is 1. The summed E-state index contributed by atoms with van der Waals surface area (Å²) in [5, 5.41) is 13.2. The molecule has 0 aliphatic carbocycles. The summed E-state index contributed by atoms with van der Waals surface area (Å²) in [5.74, 6) is 1.58. The first kappa shape index (κ1) is 22.6. The Morgan fingerprint density at radius 2 is 1.77 bits per heavy atom. The van der Waals surface area contributed by atoms with Gasteiger partial charge in [0.1, 0.15) is 5.75 Å². The number of nitrogens with zero attached hydrogens (tertiary/aromatic N) is 3. The van der Waals surface area contributed by atoms with Crippen molar-refractivity contribution in [3.8, 4) is 5.75 Å². The third kappa shape index (κ3) is 7.02. The van der Waals surface area contributed by atoms with Crippen molar-refractivity contribution in [2.24, 2.45) is 5.10 Å². The van der Waals surface area contributed by atoms with E-state index in [1.165, 1.54) is 28.7 Å². The molecule has 30 heavy (non-hydrogen) atoms. The number of halogens is 1. The molecule has 0 saturated carbocycles. The SMILES string of the molecule is COc1ccc(/C(C)=N\NC(=O)CSc2nnc(SCc3ccc(Cl)cc3)s2)cc1. The van der Waals surface area contributed by atoms with Gasteiger partial charge in [-0.15, -0.1) is 10.2 Å². The van der Waals surface area contributed by atoms with Crippen LogP contribution in [0.25, 0.3) is 0 Å². The van der Waals surface area contributed by atoms with Crippen molar-refractivity contribution < 1.29 is 9.53 Å². The van der Waals surface area contributed by atoms with E-state index in [1.807, 2.05) is 55.5 Å². The number of nitrogens with one attached hydrogen (secondary N) is 1. The van der Waals surface area contributed by atoms with Crippen LogP contribution in [0.5, 0.6) is 5.75 Å². The zero-order valence-corrected chi connectivity index (χ0v) is 19.5. The van der Waals surface area contributed by atoms with Gasteiger partial charge in [-0.05, 0) is 54.4 Å².